The zero-order valence-electron chi connectivity index (χ0n) is 19.0. The number of aromatic nitrogens is 1. The monoisotopic (exact) mass is 469 g/mol. The predicted octanol–water partition coefficient (Wildman–Crippen LogP) is 6.54. The highest BCUT2D eigenvalue weighted by Crippen LogP contribution is 2.25. The molecular weight excluding hydrogens is 446 g/mol. The van der Waals surface area contributed by atoms with Crippen LogP contribution in [0.2, 0.25) is 5.02 Å². The van der Waals surface area contributed by atoms with Crippen molar-refractivity contribution < 1.29 is 9.53 Å². The summed E-state index contributed by atoms with van der Waals surface area (Å²) < 4.78 is 8.03. The van der Waals surface area contributed by atoms with Crippen molar-refractivity contribution in [3.63, 3.8) is 0 Å². The number of carbonyl (C=O) groups is 1. The lowest BCUT2D eigenvalue weighted by atomic mass is 10.1. The summed E-state index contributed by atoms with van der Waals surface area (Å²) in [5.74, 6) is 0.357. The van der Waals surface area contributed by atoms with E-state index in [1.807, 2.05) is 92.8 Å². The van der Waals surface area contributed by atoms with Crippen molar-refractivity contribution >= 4 is 40.2 Å². The highest BCUT2D eigenvalue weighted by Gasteiger charge is 2.13. The zero-order chi connectivity index (χ0) is 24.1. The van der Waals surface area contributed by atoms with Crippen LogP contribution in [0.5, 0.6) is 5.75 Å². The molecule has 5 nitrogen and oxygen atoms in total. The average Bonchev–Trinajstić information content (AvgIpc) is 3.17. The number of hydrogen-bond acceptors (Lipinski definition) is 3. The number of nitrogens with one attached hydrogen (secondary N) is 1. The summed E-state index contributed by atoms with van der Waals surface area (Å²) in [4.78, 5) is 12.8. The Labute approximate surface area is 203 Å². The molecule has 6 heteroatoms. The zero-order valence-corrected chi connectivity index (χ0v) is 19.8. The number of amides is 1. The molecular formula is C28H24ClN3O2. The van der Waals surface area contributed by atoms with Gasteiger partial charge in [0.05, 0.1) is 6.54 Å². The van der Waals surface area contributed by atoms with Crippen LogP contribution in [-0.2, 0) is 11.3 Å². The minimum Gasteiger partial charge on any atom is -0.491 e. The van der Waals surface area contributed by atoms with Crippen LogP contribution in [0.4, 0.5) is 5.69 Å². The highest BCUT2D eigenvalue weighted by molar-refractivity contribution is 6.30. The summed E-state index contributed by atoms with van der Waals surface area (Å²) in [5, 5.41) is 14.2. The number of nitriles is 1. The van der Waals surface area contributed by atoms with E-state index in [2.05, 4.69) is 9.88 Å². The summed E-state index contributed by atoms with van der Waals surface area (Å²) >= 11 is 6.03. The van der Waals surface area contributed by atoms with Crippen molar-refractivity contribution in [3.05, 3.63) is 100 Å². The third kappa shape index (κ3) is 5.14. The van der Waals surface area contributed by atoms with E-state index in [0.717, 1.165) is 33.3 Å². The number of anilines is 1. The normalized spacial score (nSPS) is 11.3. The molecule has 1 aromatic heterocycles. The van der Waals surface area contributed by atoms with E-state index in [-0.39, 0.29) is 5.57 Å². The van der Waals surface area contributed by atoms with Crippen molar-refractivity contribution in [1.29, 1.82) is 5.26 Å². The van der Waals surface area contributed by atoms with E-state index in [0.29, 0.717) is 23.9 Å². The van der Waals surface area contributed by atoms with Gasteiger partial charge in [0.15, 0.2) is 0 Å². The Morgan fingerprint density at radius 1 is 1.09 bits per heavy atom. The van der Waals surface area contributed by atoms with E-state index in [9.17, 15) is 10.1 Å². The van der Waals surface area contributed by atoms with Gasteiger partial charge in [-0.2, -0.15) is 5.26 Å². The quantitative estimate of drug-likeness (QED) is 0.247. The molecule has 4 rings (SSSR count). The molecule has 0 aliphatic heterocycles. The van der Waals surface area contributed by atoms with Crippen molar-refractivity contribution in [2.75, 3.05) is 11.9 Å². The largest absolute Gasteiger partial charge is 0.491 e. The van der Waals surface area contributed by atoms with Crippen LogP contribution in [0.1, 0.15) is 16.7 Å². The first-order valence-corrected chi connectivity index (χ1v) is 11.3. The third-order valence-electron chi connectivity index (χ3n) is 5.60. The molecule has 0 atom stereocenters. The van der Waals surface area contributed by atoms with Gasteiger partial charge in [0, 0.05) is 33.4 Å². The number of hydrogen-bond donors (Lipinski definition) is 1. The van der Waals surface area contributed by atoms with Gasteiger partial charge < -0.3 is 14.6 Å². The molecule has 34 heavy (non-hydrogen) atoms. The van der Waals surface area contributed by atoms with Crippen molar-refractivity contribution in [2.24, 2.45) is 0 Å². The predicted molar refractivity (Wildman–Crippen MR) is 137 cm³/mol. The number of nitrogens with zero attached hydrogens (tertiary/aromatic N) is 2. The molecule has 170 valence electrons. The summed E-state index contributed by atoms with van der Waals surface area (Å²) in [7, 11) is 0. The summed E-state index contributed by atoms with van der Waals surface area (Å²) in [5.41, 5.74) is 4.44. The SMILES string of the molecule is Cc1ccccc1NC(=O)/C(C#N)=C/c1cn(CCOc2ccc(Cl)cc2C)c2ccccc12. The van der Waals surface area contributed by atoms with Gasteiger partial charge in [-0.3, -0.25) is 4.79 Å². The molecule has 0 bridgehead atoms. The molecule has 0 fully saturated rings. The molecule has 0 spiro atoms. The third-order valence-corrected chi connectivity index (χ3v) is 5.84. The minimum atomic E-state index is -0.435. The smallest absolute Gasteiger partial charge is 0.266 e. The molecule has 0 radical (unpaired) electrons. The lowest BCUT2D eigenvalue weighted by molar-refractivity contribution is -0.112. The molecule has 0 aliphatic rings. The van der Waals surface area contributed by atoms with E-state index in [1.165, 1.54) is 0 Å². The van der Waals surface area contributed by atoms with Crippen LogP contribution in [0.3, 0.4) is 0 Å². The Morgan fingerprint density at radius 2 is 1.85 bits per heavy atom. The molecule has 0 saturated heterocycles. The molecule has 1 N–H and O–H groups in total. The maximum atomic E-state index is 12.8. The number of rotatable bonds is 7. The van der Waals surface area contributed by atoms with Crippen molar-refractivity contribution in [1.82, 2.24) is 4.57 Å². The molecule has 1 heterocycles. The second-order valence-corrected chi connectivity index (χ2v) is 8.43. The van der Waals surface area contributed by atoms with Gasteiger partial charge >= 0.3 is 0 Å². The Bertz CT molecular complexity index is 1430. The number of fused-ring (bicyclic) bond motifs is 1. The number of ether oxygens (including phenoxy) is 1. The first kappa shape index (κ1) is 23.2. The van der Waals surface area contributed by atoms with Crippen LogP contribution in [0.15, 0.2) is 78.5 Å². The Morgan fingerprint density at radius 3 is 2.62 bits per heavy atom. The fraction of sp³-hybridized carbons (Fsp3) is 0.143. The van der Waals surface area contributed by atoms with Crippen molar-refractivity contribution in [2.45, 2.75) is 20.4 Å². The lowest BCUT2D eigenvalue weighted by Crippen LogP contribution is -2.14. The average molecular weight is 470 g/mol. The highest BCUT2D eigenvalue weighted by atomic mass is 35.5. The lowest BCUT2D eigenvalue weighted by Gasteiger charge is -2.10. The van der Waals surface area contributed by atoms with Gasteiger partial charge in [-0.25, -0.2) is 0 Å². The molecule has 1 amide bonds. The van der Waals surface area contributed by atoms with E-state index in [1.54, 1.807) is 6.08 Å². The number of halogens is 1. The Kier molecular flexibility index (Phi) is 7.01. The Balaban J connectivity index is 1.56. The van der Waals surface area contributed by atoms with Gasteiger partial charge in [0.2, 0.25) is 0 Å². The number of aryl methyl sites for hydroxylation is 2. The Hall–Kier alpha value is -4.01. The minimum absolute atomic E-state index is 0.0409. The van der Waals surface area contributed by atoms with Gasteiger partial charge in [-0.15, -0.1) is 0 Å². The molecule has 0 unspecified atom stereocenters. The molecule has 0 aliphatic carbocycles. The maximum absolute atomic E-state index is 12.8. The summed E-state index contributed by atoms with van der Waals surface area (Å²) in [6.07, 6.45) is 3.58. The van der Waals surface area contributed by atoms with E-state index >= 15 is 0 Å². The van der Waals surface area contributed by atoms with Crippen LogP contribution in [0, 0.1) is 25.2 Å². The fourth-order valence-electron chi connectivity index (χ4n) is 3.81. The number of benzene rings is 3. The molecule has 0 saturated carbocycles. The summed E-state index contributed by atoms with van der Waals surface area (Å²) in [6.45, 7) is 4.93. The van der Waals surface area contributed by atoms with Crippen LogP contribution in [0.25, 0.3) is 17.0 Å². The van der Waals surface area contributed by atoms with Gasteiger partial charge in [0.25, 0.3) is 5.91 Å². The second kappa shape index (κ2) is 10.3. The first-order chi connectivity index (χ1) is 16.5. The molecule has 3 aromatic carbocycles. The van der Waals surface area contributed by atoms with Crippen LogP contribution >= 0.6 is 11.6 Å². The van der Waals surface area contributed by atoms with Gasteiger partial charge in [-0.05, 0) is 61.4 Å². The topological polar surface area (TPSA) is 67.0 Å². The maximum Gasteiger partial charge on any atom is 0.266 e. The second-order valence-electron chi connectivity index (χ2n) is 7.99. The van der Waals surface area contributed by atoms with E-state index < -0.39 is 5.91 Å². The molecule has 4 aromatic rings. The fourth-order valence-corrected chi connectivity index (χ4v) is 4.04. The van der Waals surface area contributed by atoms with Crippen molar-refractivity contribution in [3.8, 4) is 11.8 Å². The number of carbonyl (C=O) groups excluding carboxylic acids is 1. The van der Waals surface area contributed by atoms with Gasteiger partial charge in [-0.1, -0.05) is 48.0 Å². The number of para-hydroxylation sites is 2. The van der Waals surface area contributed by atoms with Crippen LogP contribution in [-0.4, -0.2) is 17.1 Å². The summed E-state index contributed by atoms with van der Waals surface area (Å²) in [6, 6.07) is 23.0. The van der Waals surface area contributed by atoms with Gasteiger partial charge in [0.1, 0.15) is 24.0 Å². The van der Waals surface area contributed by atoms with Crippen LogP contribution < -0.4 is 10.1 Å². The first-order valence-electron chi connectivity index (χ1n) is 10.9. The standard InChI is InChI=1S/C28H24ClN3O2/c1-19-7-3-5-9-25(19)31-28(33)21(17-30)16-22-18-32(26-10-6-4-8-24(22)26)13-14-34-27-12-11-23(29)15-20(27)2/h3-12,15-16,18H,13-14H2,1-2H3,(H,31,33)/b21-16+. The van der Waals surface area contributed by atoms with E-state index in [4.69, 9.17) is 16.3 Å².